The molecule has 2 nitrogen and oxygen atoms in total. The maximum absolute atomic E-state index is 5.12. The van der Waals surface area contributed by atoms with Crippen molar-refractivity contribution in [3.05, 3.63) is 36.6 Å². The summed E-state index contributed by atoms with van der Waals surface area (Å²) in [6.07, 6.45) is 4.48. The van der Waals surface area contributed by atoms with Gasteiger partial charge in [0.1, 0.15) is 5.58 Å². The SMILES string of the molecule is C1CCNC1.c1ccc2occc2c1. The van der Waals surface area contributed by atoms with Crippen LogP contribution < -0.4 is 5.32 Å². The highest BCUT2D eigenvalue weighted by Gasteiger charge is 1.93. The van der Waals surface area contributed by atoms with E-state index in [1.54, 1.807) is 6.26 Å². The Morgan fingerprint density at radius 2 is 1.79 bits per heavy atom. The predicted octanol–water partition coefficient (Wildman–Crippen LogP) is 2.80. The highest BCUT2D eigenvalue weighted by molar-refractivity contribution is 5.76. The fourth-order valence-electron chi connectivity index (χ4n) is 1.53. The second-order valence-electron chi connectivity index (χ2n) is 3.42. The summed E-state index contributed by atoms with van der Waals surface area (Å²) in [5.41, 5.74) is 0.956. The lowest BCUT2D eigenvalue weighted by atomic mass is 10.3. The van der Waals surface area contributed by atoms with E-state index in [0.717, 1.165) is 11.0 Å². The maximum Gasteiger partial charge on any atom is 0.133 e. The van der Waals surface area contributed by atoms with E-state index in [9.17, 15) is 0 Å². The Bertz CT molecular complexity index is 339. The van der Waals surface area contributed by atoms with Gasteiger partial charge in [0.15, 0.2) is 0 Å². The van der Waals surface area contributed by atoms with Crippen LogP contribution in [0.4, 0.5) is 0 Å². The number of para-hydroxylation sites is 1. The van der Waals surface area contributed by atoms with Crippen LogP contribution >= 0.6 is 0 Å². The minimum atomic E-state index is 0.956. The molecular formula is C12H15NO. The van der Waals surface area contributed by atoms with Gasteiger partial charge >= 0.3 is 0 Å². The Morgan fingerprint density at radius 3 is 2.43 bits per heavy atom. The molecule has 2 heteroatoms. The maximum atomic E-state index is 5.12. The standard InChI is InChI=1S/C8H6O.C4H9N/c1-2-4-8-7(3-1)5-6-9-8;1-2-4-5-3-1/h1-6H;5H,1-4H2. The Labute approximate surface area is 83.9 Å². The zero-order valence-corrected chi connectivity index (χ0v) is 8.20. The van der Waals surface area contributed by atoms with Gasteiger partial charge in [-0.1, -0.05) is 18.2 Å². The van der Waals surface area contributed by atoms with Crippen molar-refractivity contribution in [1.29, 1.82) is 0 Å². The van der Waals surface area contributed by atoms with E-state index in [0.29, 0.717) is 0 Å². The first-order valence-electron chi connectivity index (χ1n) is 5.10. The van der Waals surface area contributed by atoms with Crippen molar-refractivity contribution in [3.63, 3.8) is 0 Å². The van der Waals surface area contributed by atoms with Gasteiger partial charge in [0.25, 0.3) is 0 Å². The van der Waals surface area contributed by atoms with Crippen molar-refractivity contribution in [2.24, 2.45) is 0 Å². The van der Waals surface area contributed by atoms with Crippen molar-refractivity contribution >= 4 is 11.0 Å². The first-order valence-corrected chi connectivity index (χ1v) is 5.10. The van der Waals surface area contributed by atoms with Gasteiger partial charge in [-0.3, -0.25) is 0 Å². The molecule has 2 aromatic rings. The number of hydrogen-bond donors (Lipinski definition) is 1. The number of hydrogen-bond acceptors (Lipinski definition) is 2. The van der Waals surface area contributed by atoms with E-state index >= 15 is 0 Å². The molecule has 0 amide bonds. The number of furan rings is 1. The molecule has 2 heterocycles. The summed E-state index contributed by atoms with van der Waals surface area (Å²) >= 11 is 0. The molecule has 14 heavy (non-hydrogen) atoms. The number of nitrogens with one attached hydrogen (secondary N) is 1. The summed E-state index contributed by atoms with van der Waals surface area (Å²) in [4.78, 5) is 0. The van der Waals surface area contributed by atoms with Crippen LogP contribution in [0.1, 0.15) is 12.8 Å². The monoisotopic (exact) mass is 189 g/mol. The van der Waals surface area contributed by atoms with Crippen LogP contribution in [0.15, 0.2) is 41.0 Å². The largest absolute Gasteiger partial charge is 0.464 e. The van der Waals surface area contributed by atoms with E-state index < -0.39 is 0 Å². The third kappa shape index (κ3) is 2.36. The molecular weight excluding hydrogens is 174 g/mol. The van der Waals surface area contributed by atoms with E-state index in [1.807, 2.05) is 30.3 Å². The molecule has 3 rings (SSSR count). The summed E-state index contributed by atoms with van der Waals surface area (Å²) < 4.78 is 5.12. The highest BCUT2D eigenvalue weighted by atomic mass is 16.3. The molecule has 1 N–H and O–H groups in total. The molecule has 0 aliphatic carbocycles. The normalized spacial score (nSPS) is 15.1. The zero-order valence-electron chi connectivity index (χ0n) is 8.20. The molecule has 1 saturated heterocycles. The Morgan fingerprint density at radius 1 is 1.00 bits per heavy atom. The first-order chi connectivity index (χ1) is 6.97. The molecule has 0 atom stereocenters. The third-order valence-corrected chi connectivity index (χ3v) is 2.32. The average molecular weight is 189 g/mol. The van der Waals surface area contributed by atoms with Gasteiger partial charge in [-0.25, -0.2) is 0 Å². The van der Waals surface area contributed by atoms with Crippen molar-refractivity contribution in [3.8, 4) is 0 Å². The second-order valence-corrected chi connectivity index (χ2v) is 3.42. The molecule has 0 spiro atoms. The fraction of sp³-hybridized carbons (Fsp3) is 0.333. The number of fused-ring (bicyclic) bond motifs is 1. The molecule has 0 unspecified atom stereocenters. The van der Waals surface area contributed by atoms with Gasteiger partial charge in [-0.15, -0.1) is 0 Å². The van der Waals surface area contributed by atoms with Gasteiger partial charge < -0.3 is 9.73 Å². The van der Waals surface area contributed by atoms with Gasteiger partial charge in [0.05, 0.1) is 6.26 Å². The van der Waals surface area contributed by atoms with Crippen LogP contribution in [-0.4, -0.2) is 13.1 Å². The van der Waals surface area contributed by atoms with Crippen LogP contribution in [0, 0.1) is 0 Å². The zero-order chi connectivity index (χ0) is 9.64. The second kappa shape index (κ2) is 4.82. The molecule has 1 aliphatic heterocycles. The van der Waals surface area contributed by atoms with E-state index in [1.165, 1.54) is 25.9 Å². The van der Waals surface area contributed by atoms with Gasteiger partial charge in [-0.2, -0.15) is 0 Å². The third-order valence-electron chi connectivity index (χ3n) is 2.32. The summed E-state index contributed by atoms with van der Waals surface area (Å²) in [7, 11) is 0. The quantitative estimate of drug-likeness (QED) is 0.689. The topological polar surface area (TPSA) is 25.2 Å². The Balaban J connectivity index is 0.000000128. The van der Waals surface area contributed by atoms with Crippen molar-refractivity contribution in [2.75, 3.05) is 13.1 Å². The van der Waals surface area contributed by atoms with Gasteiger partial charge in [-0.05, 0) is 38.1 Å². The summed E-state index contributed by atoms with van der Waals surface area (Å²) in [5.74, 6) is 0. The van der Waals surface area contributed by atoms with Crippen LogP contribution in [0.3, 0.4) is 0 Å². The molecule has 0 saturated carbocycles. The molecule has 1 fully saturated rings. The van der Waals surface area contributed by atoms with E-state index in [-0.39, 0.29) is 0 Å². The smallest absolute Gasteiger partial charge is 0.133 e. The minimum Gasteiger partial charge on any atom is -0.464 e. The lowest BCUT2D eigenvalue weighted by Gasteiger charge is -1.81. The van der Waals surface area contributed by atoms with Crippen molar-refractivity contribution in [1.82, 2.24) is 5.32 Å². The number of rotatable bonds is 0. The van der Waals surface area contributed by atoms with Gasteiger partial charge in [0.2, 0.25) is 0 Å². The Kier molecular flexibility index (Phi) is 3.19. The summed E-state index contributed by atoms with van der Waals surface area (Å²) in [6, 6.07) is 9.90. The fourth-order valence-corrected chi connectivity index (χ4v) is 1.53. The number of benzene rings is 1. The van der Waals surface area contributed by atoms with Gasteiger partial charge in [0, 0.05) is 5.39 Å². The van der Waals surface area contributed by atoms with E-state index in [2.05, 4.69) is 5.32 Å². The molecule has 1 aromatic carbocycles. The molecule has 1 aliphatic rings. The average Bonchev–Trinajstić information content (AvgIpc) is 2.92. The lowest BCUT2D eigenvalue weighted by Crippen LogP contribution is -2.03. The van der Waals surface area contributed by atoms with E-state index in [4.69, 9.17) is 4.42 Å². The summed E-state index contributed by atoms with van der Waals surface area (Å²) in [6.45, 7) is 2.50. The van der Waals surface area contributed by atoms with Crippen molar-refractivity contribution in [2.45, 2.75) is 12.8 Å². The van der Waals surface area contributed by atoms with Crippen LogP contribution in [0.2, 0.25) is 0 Å². The summed E-state index contributed by atoms with van der Waals surface area (Å²) in [5, 5.41) is 4.39. The van der Waals surface area contributed by atoms with Crippen molar-refractivity contribution < 1.29 is 4.42 Å². The van der Waals surface area contributed by atoms with Crippen LogP contribution in [0.5, 0.6) is 0 Å². The molecule has 0 bridgehead atoms. The van der Waals surface area contributed by atoms with Crippen LogP contribution in [-0.2, 0) is 0 Å². The molecule has 74 valence electrons. The lowest BCUT2D eigenvalue weighted by molar-refractivity contribution is 0.616. The van der Waals surface area contributed by atoms with Crippen LogP contribution in [0.25, 0.3) is 11.0 Å². The molecule has 1 aromatic heterocycles. The molecule has 0 radical (unpaired) electrons. The predicted molar refractivity (Wildman–Crippen MR) is 58.3 cm³/mol. The Hall–Kier alpha value is -1.28. The highest BCUT2D eigenvalue weighted by Crippen LogP contribution is 2.12. The first kappa shape index (κ1) is 9.28. The minimum absolute atomic E-state index is 0.956.